The molecule has 0 aromatic carbocycles. The van der Waals surface area contributed by atoms with Crippen LogP contribution in [0.25, 0.3) is 0 Å². The molecule has 4 aliphatic heterocycles. The summed E-state index contributed by atoms with van der Waals surface area (Å²) in [7, 11) is 0. The Morgan fingerprint density at radius 2 is 0.955 bits per heavy atom. The Bertz CT molecular complexity index is 837. The average molecular weight is 629 g/mol. The fraction of sp³-hybridized carbons (Fsp3) is 0.906. The molecule has 6 atom stereocenters. The first-order valence-corrected chi connectivity index (χ1v) is 16.7. The number of carbonyl (C=O) groups excluding carboxylic acids is 3. The van der Waals surface area contributed by atoms with E-state index in [4.69, 9.17) is 42.6 Å². The summed E-state index contributed by atoms with van der Waals surface area (Å²) in [6.45, 7) is 4.32. The molecule has 0 aromatic rings. The van der Waals surface area contributed by atoms with Crippen LogP contribution >= 0.6 is 0 Å². The fourth-order valence-corrected chi connectivity index (χ4v) is 4.93. The van der Waals surface area contributed by atoms with Crippen LogP contribution in [0.1, 0.15) is 89.9 Å². The van der Waals surface area contributed by atoms with Gasteiger partial charge in [-0.1, -0.05) is 0 Å². The van der Waals surface area contributed by atoms with E-state index in [1.54, 1.807) is 0 Å². The third-order valence-electron chi connectivity index (χ3n) is 8.08. The van der Waals surface area contributed by atoms with Crippen molar-refractivity contribution in [2.24, 2.45) is 5.92 Å². The predicted molar refractivity (Wildman–Crippen MR) is 156 cm³/mol. The molecule has 0 radical (unpaired) electrons. The van der Waals surface area contributed by atoms with Crippen LogP contribution in [-0.2, 0) is 57.0 Å². The third-order valence-corrected chi connectivity index (χ3v) is 8.08. The molecule has 0 amide bonds. The molecule has 12 heteroatoms. The highest BCUT2D eigenvalue weighted by atomic mass is 16.7. The zero-order valence-corrected chi connectivity index (χ0v) is 26.1. The first-order valence-electron chi connectivity index (χ1n) is 16.7. The highest BCUT2D eigenvalue weighted by Gasteiger charge is 2.36. The topological polar surface area (TPSA) is 147 Å². The van der Waals surface area contributed by atoms with E-state index < -0.39 is 29.9 Å². The van der Waals surface area contributed by atoms with Gasteiger partial charge < -0.3 is 42.6 Å². The molecule has 0 spiro atoms. The van der Waals surface area contributed by atoms with Crippen LogP contribution in [0.2, 0.25) is 0 Å². The second kappa shape index (κ2) is 20.3. The van der Waals surface area contributed by atoms with Crippen molar-refractivity contribution in [2.45, 2.75) is 120 Å². The molecule has 6 unspecified atom stereocenters. The van der Waals surface area contributed by atoms with Crippen LogP contribution in [-0.4, -0.2) is 108 Å². The quantitative estimate of drug-likeness (QED) is 0.0392. The molecule has 0 bridgehead atoms. The highest BCUT2D eigenvalue weighted by Crippen LogP contribution is 2.23. The Morgan fingerprint density at radius 1 is 0.545 bits per heavy atom. The lowest BCUT2D eigenvalue weighted by Crippen LogP contribution is -2.37. The Labute approximate surface area is 261 Å². The summed E-state index contributed by atoms with van der Waals surface area (Å²) in [5.41, 5.74) is 0. The van der Waals surface area contributed by atoms with Crippen molar-refractivity contribution in [3.05, 3.63) is 0 Å². The number of carbonyl (C=O) groups is 3. The lowest BCUT2D eigenvalue weighted by molar-refractivity contribution is -0.172. The summed E-state index contributed by atoms with van der Waals surface area (Å²) >= 11 is 0. The molecule has 44 heavy (non-hydrogen) atoms. The Morgan fingerprint density at radius 3 is 1.41 bits per heavy atom. The maximum Gasteiger partial charge on any atom is 0.312 e. The molecule has 4 rings (SSSR count). The van der Waals surface area contributed by atoms with Crippen LogP contribution in [0.3, 0.4) is 0 Å². The van der Waals surface area contributed by atoms with E-state index in [9.17, 15) is 14.4 Å². The van der Waals surface area contributed by atoms with E-state index in [-0.39, 0.29) is 39.5 Å². The number of unbranched alkanes of at least 4 members (excludes halogenated alkanes) is 4. The van der Waals surface area contributed by atoms with Crippen molar-refractivity contribution in [2.75, 3.05) is 59.6 Å². The second-order valence-corrected chi connectivity index (χ2v) is 12.2. The summed E-state index contributed by atoms with van der Waals surface area (Å²) in [4.78, 5) is 39.0. The molecule has 0 aliphatic carbocycles. The number of esters is 3. The fourth-order valence-electron chi connectivity index (χ4n) is 4.93. The number of hydrogen-bond acceptors (Lipinski definition) is 12. The van der Waals surface area contributed by atoms with E-state index in [1.807, 2.05) is 0 Å². The van der Waals surface area contributed by atoms with Gasteiger partial charge in [-0.3, -0.25) is 14.4 Å². The summed E-state index contributed by atoms with van der Waals surface area (Å²) < 4.78 is 49.0. The number of rotatable bonds is 29. The second-order valence-electron chi connectivity index (χ2n) is 12.2. The predicted octanol–water partition coefficient (Wildman–Crippen LogP) is 3.65. The number of ether oxygens (including phenoxy) is 9. The molecular formula is C32H52O12. The molecule has 4 saturated heterocycles. The maximum absolute atomic E-state index is 13.3. The van der Waals surface area contributed by atoms with E-state index in [0.29, 0.717) is 43.9 Å². The van der Waals surface area contributed by atoms with Crippen molar-refractivity contribution in [3.8, 4) is 0 Å². The van der Waals surface area contributed by atoms with E-state index in [0.717, 1.165) is 90.6 Å². The summed E-state index contributed by atoms with van der Waals surface area (Å²) in [6, 6.07) is 0. The van der Waals surface area contributed by atoms with Crippen molar-refractivity contribution in [1.82, 2.24) is 0 Å². The smallest absolute Gasteiger partial charge is 0.312 e. The van der Waals surface area contributed by atoms with Gasteiger partial charge in [0.2, 0.25) is 0 Å². The van der Waals surface area contributed by atoms with E-state index in [1.165, 1.54) is 0 Å². The maximum atomic E-state index is 13.3. The minimum atomic E-state index is -1.04. The van der Waals surface area contributed by atoms with Gasteiger partial charge in [-0.05, 0) is 77.0 Å². The van der Waals surface area contributed by atoms with Crippen LogP contribution < -0.4 is 0 Å². The SMILES string of the molecule is O=C(CC(OCOCCCCC1CO1)C(CC(=O)OCCCCC1CO1)C(=O)OCCCCC1CO1)OCCCCC1CO1. The highest BCUT2D eigenvalue weighted by molar-refractivity contribution is 5.81. The van der Waals surface area contributed by atoms with Crippen LogP contribution in [0, 0.1) is 5.92 Å². The normalized spacial score (nSPS) is 24.3. The minimum Gasteiger partial charge on any atom is -0.466 e. The molecule has 0 saturated carbocycles. The van der Waals surface area contributed by atoms with Gasteiger partial charge in [0.05, 0.1) is 95.5 Å². The summed E-state index contributed by atoms with van der Waals surface area (Å²) in [5, 5.41) is 0. The van der Waals surface area contributed by atoms with Crippen molar-refractivity contribution in [1.29, 1.82) is 0 Å². The van der Waals surface area contributed by atoms with Crippen molar-refractivity contribution in [3.63, 3.8) is 0 Å². The summed E-state index contributed by atoms with van der Waals surface area (Å²) in [5.74, 6) is -2.67. The molecule has 252 valence electrons. The van der Waals surface area contributed by atoms with E-state index in [2.05, 4.69) is 0 Å². The standard InChI is InChI=1S/C32H52O12/c33-30(37-14-6-2-10-25-20-41-25)17-28(32(35)39-16-8-4-12-27-22-43-27)29(44-23-36-13-5-1-9-24-19-40-24)18-31(34)38-15-7-3-11-26-21-42-26/h24-29H,1-23H2. The number of hydrogen-bond donors (Lipinski definition) is 0. The molecule has 12 nitrogen and oxygen atoms in total. The Kier molecular flexibility index (Phi) is 16.2. The van der Waals surface area contributed by atoms with Gasteiger partial charge in [-0.2, -0.15) is 0 Å². The molecular weight excluding hydrogens is 576 g/mol. The minimum absolute atomic E-state index is 0.122. The molecule has 4 fully saturated rings. The molecule has 0 aromatic heterocycles. The largest absolute Gasteiger partial charge is 0.466 e. The zero-order valence-electron chi connectivity index (χ0n) is 26.1. The molecule has 0 N–H and O–H groups in total. The van der Waals surface area contributed by atoms with Crippen molar-refractivity contribution >= 4 is 17.9 Å². The van der Waals surface area contributed by atoms with Gasteiger partial charge in [-0.15, -0.1) is 0 Å². The van der Waals surface area contributed by atoms with Crippen LogP contribution in [0.5, 0.6) is 0 Å². The summed E-state index contributed by atoms with van der Waals surface area (Å²) in [6.07, 6.45) is 10.4. The van der Waals surface area contributed by atoms with Crippen molar-refractivity contribution < 1.29 is 57.0 Å². The lowest BCUT2D eigenvalue weighted by atomic mass is 9.96. The van der Waals surface area contributed by atoms with Gasteiger partial charge in [0, 0.05) is 6.61 Å². The van der Waals surface area contributed by atoms with Gasteiger partial charge in [0.25, 0.3) is 0 Å². The average Bonchev–Trinajstić information content (AvgIpc) is 3.82. The third kappa shape index (κ3) is 17.0. The first kappa shape index (κ1) is 35.0. The monoisotopic (exact) mass is 628 g/mol. The first-order chi connectivity index (χ1) is 21.6. The Hall–Kier alpha value is -1.83. The molecule has 4 heterocycles. The van der Waals surface area contributed by atoms with Gasteiger partial charge in [-0.25, -0.2) is 0 Å². The zero-order chi connectivity index (χ0) is 30.8. The van der Waals surface area contributed by atoms with Gasteiger partial charge >= 0.3 is 17.9 Å². The Balaban J connectivity index is 1.25. The van der Waals surface area contributed by atoms with Crippen LogP contribution in [0.15, 0.2) is 0 Å². The lowest BCUT2D eigenvalue weighted by Gasteiger charge is -2.25. The van der Waals surface area contributed by atoms with Gasteiger partial charge in [0.1, 0.15) is 6.79 Å². The van der Waals surface area contributed by atoms with Crippen LogP contribution in [0.4, 0.5) is 0 Å². The number of epoxide rings is 4. The molecule has 4 aliphatic rings. The van der Waals surface area contributed by atoms with Gasteiger partial charge in [0.15, 0.2) is 0 Å². The van der Waals surface area contributed by atoms with E-state index >= 15 is 0 Å².